The number of hydrogen-bond acceptors (Lipinski definition) is 4. The predicted octanol–water partition coefficient (Wildman–Crippen LogP) is 3.73. The van der Waals surface area contributed by atoms with Crippen molar-refractivity contribution >= 4 is 21.9 Å². The lowest BCUT2D eigenvalue weighted by Gasteiger charge is -2.30. The van der Waals surface area contributed by atoms with Gasteiger partial charge in [-0.3, -0.25) is 4.99 Å². The van der Waals surface area contributed by atoms with Gasteiger partial charge in [-0.05, 0) is 58.3 Å². The topological polar surface area (TPSA) is 64.1 Å². The van der Waals surface area contributed by atoms with Crippen molar-refractivity contribution in [1.29, 1.82) is 0 Å². The Morgan fingerprint density at radius 2 is 1.89 bits per heavy atom. The molecule has 0 heterocycles. The number of nitrogens with zero attached hydrogens (tertiary/aromatic N) is 1. The average molecular weight is 442 g/mol. The van der Waals surface area contributed by atoms with E-state index in [-0.39, 0.29) is 0 Å². The highest BCUT2D eigenvalue weighted by atomic mass is 79.9. The van der Waals surface area contributed by atoms with Crippen LogP contribution >= 0.6 is 15.9 Å². The first-order valence-corrected chi connectivity index (χ1v) is 10.2. The quantitative estimate of drug-likeness (QED) is 0.451. The summed E-state index contributed by atoms with van der Waals surface area (Å²) in [4.78, 5) is 4.37. The zero-order valence-corrected chi connectivity index (χ0v) is 18.4. The van der Waals surface area contributed by atoms with Crippen LogP contribution in [0.15, 0.2) is 21.6 Å². The van der Waals surface area contributed by atoms with Crippen molar-refractivity contribution in [3.05, 3.63) is 22.2 Å². The maximum Gasteiger partial charge on any atom is 0.191 e. The minimum Gasteiger partial charge on any atom is -0.493 e. The normalized spacial score (nSPS) is 16.3. The number of ether oxygens (including phenoxy) is 3. The van der Waals surface area contributed by atoms with Crippen LogP contribution in [0.25, 0.3) is 0 Å². The van der Waals surface area contributed by atoms with Gasteiger partial charge in [-0.1, -0.05) is 12.8 Å². The molecule has 1 aromatic carbocycles. The summed E-state index contributed by atoms with van der Waals surface area (Å²) in [6, 6.07) is 4.00. The van der Waals surface area contributed by atoms with Crippen molar-refractivity contribution in [3.63, 3.8) is 0 Å². The van der Waals surface area contributed by atoms with E-state index in [1.807, 2.05) is 12.1 Å². The molecule has 0 atom stereocenters. The van der Waals surface area contributed by atoms with Gasteiger partial charge in [0.05, 0.1) is 18.7 Å². The summed E-state index contributed by atoms with van der Waals surface area (Å²) in [5.41, 5.74) is 1.40. The van der Waals surface area contributed by atoms with E-state index in [0.717, 1.165) is 35.6 Å². The van der Waals surface area contributed by atoms with Crippen molar-refractivity contribution in [2.75, 3.05) is 41.5 Å². The summed E-state index contributed by atoms with van der Waals surface area (Å²) in [5.74, 6) is 2.21. The molecule has 2 rings (SSSR count). The maximum atomic E-state index is 5.42. The minimum atomic E-state index is 0.319. The van der Waals surface area contributed by atoms with Crippen molar-refractivity contribution in [1.82, 2.24) is 10.6 Å². The Bertz CT molecular complexity index is 631. The fraction of sp³-hybridized carbons (Fsp3) is 0.650. The van der Waals surface area contributed by atoms with E-state index in [4.69, 9.17) is 14.2 Å². The Kier molecular flexibility index (Phi) is 8.70. The van der Waals surface area contributed by atoms with Crippen LogP contribution in [0.4, 0.5) is 0 Å². The van der Waals surface area contributed by atoms with Gasteiger partial charge in [0.25, 0.3) is 0 Å². The van der Waals surface area contributed by atoms with E-state index in [1.54, 1.807) is 28.4 Å². The standard InChI is InChI=1S/C20H32BrN3O3/c1-22-19(24-14-20(9-10-25-2)7-5-6-8-20)23-13-15-11-16(21)18(27-4)17(12-15)26-3/h11-12H,5-10,13-14H2,1-4H3,(H2,22,23,24). The van der Waals surface area contributed by atoms with Gasteiger partial charge in [-0.2, -0.15) is 0 Å². The summed E-state index contributed by atoms with van der Waals surface area (Å²) in [7, 11) is 6.85. The van der Waals surface area contributed by atoms with Crippen LogP contribution in [0.2, 0.25) is 0 Å². The number of aliphatic imine (C=N–C) groups is 1. The van der Waals surface area contributed by atoms with Crippen LogP contribution in [-0.4, -0.2) is 47.5 Å². The van der Waals surface area contributed by atoms with Crippen molar-refractivity contribution in [2.45, 2.75) is 38.6 Å². The predicted molar refractivity (Wildman–Crippen MR) is 113 cm³/mol. The summed E-state index contributed by atoms with van der Waals surface area (Å²) in [6.07, 6.45) is 6.20. The summed E-state index contributed by atoms with van der Waals surface area (Å²) in [6.45, 7) is 2.38. The molecule has 0 amide bonds. The number of hydrogen-bond donors (Lipinski definition) is 2. The molecule has 1 aliphatic carbocycles. The van der Waals surface area contributed by atoms with Crippen molar-refractivity contribution < 1.29 is 14.2 Å². The summed E-state index contributed by atoms with van der Waals surface area (Å²) in [5, 5.41) is 6.90. The number of methoxy groups -OCH3 is 3. The second-order valence-corrected chi connectivity index (χ2v) is 7.90. The smallest absolute Gasteiger partial charge is 0.191 e. The molecule has 0 bridgehead atoms. The van der Waals surface area contributed by atoms with Crippen LogP contribution in [0.1, 0.15) is 37.7 Å². The maximum absolute atomic E-state index is 5.42. The zero-order chi connectivity index (χ0) is 19.7. The number of halogens is 1. The Labute approximate surface area is 171 Å². The van der Waals surface area contributed by atoms with Gasteiger partial charge in [0.2, 0.25) is 0 Å². The van der Waals surface area contributed by atoms with Gasteiger partial charge in [0.1, 0.15) is 0 Å². The van der Waals surface area contributed by atoms with E-state index in [2.05, 4.69) is 31.6 Å². The van der Waals surface area contributed by atoms with Crippen LogP contribution in [-0.2, 0) is 11.3 Å². The number of rotatable bonds is 9. The molecular weight excluding hydrogens is 410 g/mol. The molecular formula is C20H32BrN3O3. The molecule has 0 aliphatic heterocycles. The molecule has 6 nitrogen and oxygen atoms in total. The molecule has 0 unspecified atom stereocenters. The molecule has 0 aromatic heterocycles. The third kappa shape index (κ3) is 6.01. The summed E-state index contributed by atoms with van der Waals surface area (Å²) >= 11 is 3.54. The van der Waals surface area contributed by atoms with Crippen LogP contribution in [0.3, 0.4) is 0 Å². The molecule has 0 spiro atoms. The fourth-order valence-corrected chi connectivity index (χ4v) is 4.36. The highest BCUT2D eigenvalue weighted by Gasteiger charge is 2.33. The largest absolute Gasteiger partial charge is 0.493 e. The first-order valence-electron chi connectivity index (χ1n) is 9.41. The minimum absolute atomic E-state index is 0.319. The lowest BCUT2D eigenvalue weighted by atomic mass is 9.83. The lowest BCUT2D eigenvalue weighted by molar-refractivity contribution is 0.138. The van der Waals surface area contributed by atoms with E-state index < -0.39 is 0 Å². The lowest BCUT2D eigenvalue weighted by Crippen LogP contribution is -2.43. The van der Waals surface area contributed by atoms with Crippen molar-refractivity contribution in [2.24, 2.45) is 10.4 Å². The van der Waals surface area contributed by atoms with E-state index in [1.165, 1.54) is 25.7 Å². The van der Waals surface area contributed by atoms with Gasteiger partial charge >= 0.3 is 0 Å². The summed E-state index contributed by atoms with van der Waals surface area (Å²) < 4.78 is 17.0. The second kappa shape index (κ2) is 10.8. The molecule has 1 saturated carbocycles. The Morgan fingerprint density at radius 3 is 2.48 bits per heavy atom. The first kappa shape index (κ1) is 21.8. The van der Waals surface area contributed by atoms with Gasteiger partial charge in [0, 0.05) is 33.9 Å². The zero-order valence-electron chi connectivity index (χ0n) is 16.9. The molecule has 1 aliphatic rings. The monoisotopic (exact) mass is 441 g/mol. The third-order valence-corrected chi connectivity index (χ3v) is 5.90. The Morgan fingerprint density at radius 1 is 1.15 bits per heavy atom. The molecule has 0 radical (unpaired) electrons. The van der Waals surface area contributed by atoms with E-state index >= 15 is 0 Å². The van der Waals surface area contributed by atoms with Crippen LogP contribution in [0.5, 0.6) is 11.5 Å². The van der Waals surface area contributed by atoms with Gasteiger partial charge in [0.15, 0.2) is 17.5 Å². The van der Waals surface area contributed by atoms with E-state index in [0.29, 0.717) is 23.5 Å². The Balaban J connectivity index is 1.95. The fourth-order valence-electron chi connectivity index (χ4n) is 3.71. The molecule has 1 aromatic rings. The molecule has 1 fully saturated rings. The van der Waals surface area contributed by atoms with Crippen molar-refractivity contribution in [3.8, 4) is 11.5 Å². The van der Waals surface area contributed by atoms with Gasteiger partial charge < -0.3 is 24.8 Å². The average Bonchev–Trinajstić information content (AvgIpc) is 3.15. The second-order valence-electron chi connectivity index (χ2n) is 7.04. The van der Waals surface area contributed by atoms with E-state index in [9.17, 15) is 0 Å². The molecule has 2 N–H and O–H groups in total. The highest BCUT2D eigenvalue weighted by Crippen LogP contribution is 2.40. The van der Waals surface area contributed by atoms with Gasteiger partial charge in [-0.25, -0.2) is 0 Å². The third-order valence-electron chi connectivity index (χ3n) is 5.31. The number of benzene rings is 1. The van der Waals surface area contributed by atoms with Gasteiger partial charge in [-0.15, -0.1) is 0 Å². The highest BCUT2D eigenvalue weighted by molar-refractivity contribution is 9.10. The molecule has 0 saturated heterocycles. The molecule has 152 valence electrons. The van der Waals surface area contributed by atoms with Crippen LogP contribution < -0.4 is 20.1 Å². The number of nitrogens with one attached hydrogen (secondary N) is 2. The van der Waals surface area contributed by atoms with Crippen LogP contribution in [0, 0.1) is 5.41 Å². The molecule has 7 heteroatoms. The Hall–Kier alpha value is -1.47. The molecule has 27 heavy (non-hydrogen) atoms. The first-order chi connectivity index (χ1) is 13.1. The SMILES string of the molecule is CN=C(NCc1cc(Br)c(OC)c(OC)c1)NCC1(CCOC)CCCC1. The number of guanidine groups is 1.